The molecule has 3 atom stereocenters. The van der Waals surface area contributed by atoms with Crippen LogP contribution in [0.4, 0.5) is 0 Å². The molecule has 0 aliphatic carbocycles. The van der Waals surface area contributed by atoms with Gasteiger partial charge in [-0.05, 0) is 20.8 Å². The fraction of sp³-hybridized carbons (Fsp3) is 0.889. The molecule has 0 spiro atoms. The van der Waals surface area contributed by atoms with Crippen molar-refractivity contribution in [2.75, 3.05) is 7.11 Å². The lowest BCUT2D eigenvalue weighted by atomic mass is 10.1. The van der Waals surface area contributed by atoms with E-state index in [1.165, 1.54) is 0 Å². The molecule has 0 aliphatic heterocycles. The maximum atomic E-state index is 10.6. The summed E-state index contributed by atoms with van der Waals surface area (Å²) >= 11 is 0. The first-order valence-corrected chi connectivity index (χ1v) is 4.54. The van der Waals surface area contributed by atoms with Gasteiger partial charge in [0.25, 0.3) is 0 Å². The topological polar surface area (TPSA) is 64.3 Å². The third kappa shape index (κ3) is 5.60. The summed E-state index contributed by atoms with van der Waals surface area (Å²) in [7, 11) is 1.67. The Balaban J connectivity index is 3.76. The van der Waals surface area contributed by atoms with E-state index in [1.807, 2.05) is 20.8 Å². The Morgan fingerprint density at radius 3 is 2.38 bits per heavy atom. The van der Waals surface area contributed by atoms with E-state index in [-0.39, 0.29) is 24.1 Å². The van der Waals surface area contributed by atoms with E-state index in [1.54, 1.807) is 7.11 Å². The lowest BCUT2D eigenvalue weighted by Gasteiger charge is -2.23. The van der Waals surface area contributed by atoms with Crippen LogP contribution < -0.4 is 11.1 Å². The van der Waals surface area contributed by atoms with Crippen LogP contribution in [0.3, 0.4) is 0 Å². The molecule has 0 rings (SSSR count). The molecular weight excluding hydrogens is 168 g/mol. The average molecular weight is 188 g/mol. The fourth-order valence-corrected chi connectivity index (χ4v) is 1.15. The molecule has 0 aromatic carbocycles. The quantitative estimate of drug-likeness (QED) is 0.628. The zero-order chi connectivity index (χ0) is 10.4. The number of rotatable bonds is 6. The fourth-order valence-electron chi connectivity index (χ4n) is 1.15. The number of carbonyl (C=O) groups is 1. The van der Waals surface area contributed by atoms with Crippen LogP contribution in [0.2, 0.25) is 0 Å². The van der Waals surface area contributed by atoms with Crippen LogP contribution in [0, 0.1) is 0 Å². The molecule has 4 nitrogen and oxygen atoms in total. The summed E-state index contributed by atoms with van der Waals surface area (Å²) in [6, 6.07) is 0.324. The minimum atomic E-state index is -0.280. The number of hydrogen-bond acceptors (Lipinski definition) is 3. The zero-order valence-electron chi connectivity index (χ0n) is 8.83. The van der Waals surface area contributed by atoms with Gasteiger partial charge in [0.05, 0.1) is 6.10 Å². The van der Waals surface area contributed by atoms with E-state index < -0.39 is 0 Å². The van der Waals surface area contributed by atoms with E-state index in [9.17, 15) is 4.79 Å². The first-order chi connectivity index (χ1) is 5.97. The Labute approximate surface area is 79.8 Å². The number of methoxy groups -OCH3 is 1. The van der Waals surface area contributed by atoms with Crippen LogP contribution in [-0.4, -0.2) is 31.2 Å². The second-order valence-corrected chi connectivity index (χ2v) is 3.47. The molecule has 0 radical (unpaired) electrons. The molecule has 3 unspecified atom stereocenters. The van der Waals surface area contributed by atoms with Crippen molar-refractivity contribution in [2.24, 2.45) is 5.73 Å². The van der Waals surface area contributed by atoms with Crippen molar-refractivity contribution in [2.45, 2.75) is 45.4 Å². The van der Waals surface area contributed by atoms with Crippen LogP contribution in [0.15, 0.2) is 0 Å². The molecule has 0 bridgehead atoms. The Morgan fingerprint density at radius 2 is 2.00 bits per heavy atom. The van der Waals surface area contributed by atoms with Gasteiger partial charge in [-0.2, -0.15) is 0 Å². The van der Waals surface area contributed by atoms with Crippen LogP contribution in [0.1, 0.15) is 27.2 Å². The smallest absolute Gasteiger partial charge is 0.218 e. The van der Waals surface area contributed by atoms with Crippen LogP contribution in [0.25, 0.3) is 0 Å². The molecule has 0 aromatic rings. The van der Waals surface area contributed by atoms with Crippen LogP contribution in [-0.2, 0) is 9.53 Å². The highest BCUT2D eigenvalue weighted by Gasteiger charge is 2.14. The summed E-state index contributed by atoms with van der Waals surface area (Å²) in [6.45, 7) is 5.93. The highest BCUT2D eigenvalue weighted by Crippen LogP contribution is 1.99. The standard InChI is InChI=1S/C9H20N2O2/c1-6(5-9(10)12)11-7(2)8(3)13-4/h6-8,11H,5H2,1-4H3,(H2,10,12). The minimum Gasteiger partial charge on any atom is -0.380 e. The number of primary amides is 1. The van der Waals surface area contributed by atoms with Gasteiger partial charge in [-0.1, -0.05) is 0 Å². The molecule has 78 valence electrons. The first-order valence-electron chi connectivity index (χ1n) is 4.54. The van der Waals surface area contributed by atoms with Crippen molar-refractivity contribution in [3.05, 3.63) is 0 Å². The molecular formula is C9H20N2O2. The van der Waals surface area contributed by atoms with Gasteiger partial charge in [-0.15, -0.1) is 0 Å². The summed E-state index contributed by atoms with van der Waals surface area (Å²) < 4.78 is 5.14. The Hall–Kier alpha value is -0.610. The molecule has 13 heavy (non-hydrogen) atoms. The van der Waals surface area contributed by atoms with E-state index in [0.29, 0.717) is 6.42 Å². The molecule has 0 saturated carbocycles. The van der Waals surface area contributed by atoms with Gasteiger partial charge in [-0.25, -0.2) is 0 Å². The second kappa shape index (κ2) is 5.94. The van der Waals surface area contributed by atoms with Crippen molar-refractivity contribution in [1.82, 2.24) is 5.32 Å². The summed E-state index contributed by atoms with van der Waals surface area (Å²) in [6.07, 6.45) is 0.496. The van der Waals surface area contributed by atoms with Gasteiger partial charge in [0, 0.05) is 25.6 Å². The highest BCUT2D eigenvalue weighted by molar-refractivity contribution is 5.74. The van der Waals surface area contributed by atoms with Crippen molar-refractivity contribution in [3.63, 3.8) is 0 Å². The molecule has 0 aliphatic rings. The number of nitrogens with one attached hydrogen (secondary N) is 1. The third-order valence-electron chi connectivity index (χ3n) is 2.13. The molecule has 1 amide bonds. The third-order valence-corrected chi connectivity index (χ3v) is 2.13. The van der Waals surface area contributed by atoms with Crippen LogP contribution >= 0.6 is 0 Å². The van der Waals surface area contributed by atoms with E-state index in [0.717, 1.165) is 0 Å². The SMILES string of the molecule is COC(C)C(C)NC(C)CC(N)=O. The maximum absolute atomic E-state index is 10.6. The minimum absolute atomic E-state index is 0.102. The lowest BCUT2D eigenvalue weighted by molar-refractivity contribution is -0.118. The second-order valence-electron chi connectivity index (χ2n) is 3.47. The molecule has 0 aromatic heterocycles. The summed E-state index contributed by atoms with van der Waals surface area (Å²) in [5.74, 6) is -0.280. The monoisotopic (exact) mass is 188 g/mol. The number of hydrogen-bond donors (Lipinski definition) is 2. The predicted molar refractivity (Wildman–Crippen MR) is 52.3 cm³/mol. The molecule has 0 saturated heterocycles. The van der Waals surface area contributed by atoms with Crippen molar-refractivity contribution in [3.8, 4) is 0 Å². The van der Waals surface area contributed by atoms with Gasteiger partial charge >= 0.3 is 0 Å². The predicted octanol–water partition coefficient (Wildman–Crippen LogP) is 0.263. The van der Waals surface area contributed by atoms with Crippen molar-refractivity contribution < 1.29 is 9.53 Å². The maximum Gasteiger partial charge on any atom is 0.218 e. The first kappa shape index (κ1) is 12.4. The molecule has 0 fully saturated rings. The van der Waals surface area contributed by atoms with Gasteiger partial charge in [0.1, 0.15) is 0 Å². The van der Waals surface area contributed by atoms with Crippen molar-refractivity contribution >= 4 is 5.91 Å². The molecule has 0 heterocycles. The van der Waals surface area contributed by atoms with Crippen LogP contribution in [0.5, 0.6) is 0 Å². The highest BCUT2D eigenvalue weighted by atomic mass is 16.5. The summed E-state index contributed by atoms with van der Waals surface area (Å²) in [5.41, 5.74) is 5.07. The Kier molecular flexibility index (Phi) is 5.66. The lowest BCUT2D eigenvalue weighted by Crippen LogP contribution is -2.43. The van der Waals surface area contributed by atoms with Gasteiger partial charge in [0.2, 0.25) is 5.91 Å². The van der Waals surface area contributed by atoms with Gasteiger partial charge in [-0.3, -0.25) is 4.79 Å². The normalized spacial score (nSPS) is 17.8. The van der Waals surface area contributed by atoms with Gasteiger partial charge in [0.15, 0.2) is 0 Å². The molecule has 3 N–H and O–H groups in total. The summed E-state index contributed by atoms with van der Waals surface area (Å²) in [4.78, 5) is 10.6. The number of amides is 1. The Bertz CT molecular complexity index is 162. The summed E-state index contributed by atoms with van der Waals surface area (Å²) in [5, 5.41) is 3.24. The zero-order valence-corrected chi connectivity index (χ0v) is 8.83. The van der Waals surface area contributed by atoms with Gasteiger partial charge < -0.3 is 15.8 Å². The van der Waals surface area contributed by atoms with E-state index in [2.05, 4.69) is 5.32 Å². The average Bonchev–Trinajstić information content (AvgIpc) is 2.01. The van der Waals surface area contributed by atoms with E-state index in [4.69, 9.17) is 10.5 Å². The Morgan fingerprint density at radius 1 is 1.46 bits per heavy atom. The number of nitrogens with two attached hydrogens (primary N) is 1. The molecule has 4 heteroatoms. The number of carbonyl (C=O) groups excluding carboxylic acids is 1. The van der Waals surface area contributed by atoms with E-state index >= 15 is 0 Å². The largest absolute Gasteiger partial charge is 0.380 e. The number of ether oxygens (including phenoxy) is 1. The van der Waals surface area contributed by atoms with Crippen molar-refractivity contribution in [1.29, 1.82) is 0 Å².